The lowest BCUT2D eigenvalue weighted by Crippen LogP contribution is -2.21. The van der Waals surface area contributed by atoms with Gasteiger partial charge in [0, 0.05) is 24.3 Å². The lowest BCUT2D eigenvalue weighted by Gasteiger charge is -2.26. The highest BCUT2D eigenvalue weighted by molar-refractivity contribution is 5.78. The first-order valence-corrected chi connectivity index (χ1v) is 12.8. The van der Waals surface area contributed by atoms with Crippen molar-refractivity contribution in [1.29, 1.82) is 0 Å². The Balaban J connectivity index is 0.00000156. The molecule has 2 N–H and O–H groups in total. The molecule has 5 rings (SSSR count). The summed E-state index contributed by atoms with van der Waals surface area (Å²) in [5.41, 5.74) is 6.21. The van der Waals surface area contributed by atoms with Gasteiger partial charge in [-0.2, -0.15) is 0 Å². The first kappa shape index (κ1) is 26.8. The van der Waals surface area contributed by atoms with Crippen LogP contribution >= 0.6 is 0 Å². The molecule has 5 nitrogen and oxygen atoms in total. The van der Waals surface area contributed by atoms with Crippen molar-refractivity contribution in [1.82, 2.24) is 4.98 Å². The normalized spacial score (nSPS) is 20.0. The van der Waals surface area contributed by atoms with Crippen LogP contribution < -0.4 is 4.74 Å². The molecule has 2 aliphatic carbocycles. The number of carbonyl (C=O) groups is 1. The standard InChI is InChI=1S/C30H32FNO3.CH4O/c1-29(2,3)14-21-11-19(6-9-25(21)22-12-23(31)17-32-16-22)18-35-24-8-7-20-5-4-10-30(26(20)13-24)15-27(30)28(33)34;1-2/h6-9,11-13,16-17,27H,4-5,10,14-15,18H2,1-3H3,(H,33,34);2H,1H3. The zero-order chi connectivity index (χ0) is 26.8. The van der Waals surface area contributed by atoms with Gasteiger partial charge >= 0.3 is 5.97 Å². The smallest absolute Gasteiger partial charge is 0.307 e. The number of aliphatic hydroxyl groups excluding tert-OH is 1. The lowest BCUT2D eigenvalue weighted by molar-refractivity contribution is -0.139. The molecule has 1 fully saturated rings. The fourth-order valence-electron chi connectivity index (χ4n) is 5.72. The SMILES string of the molecule is CC(C)(C)Cc1cc(COc2ccc3c(c2)C2(CCC3)CC2C(=O)O)ccc1-c1cncc(F)c1.CO. The first-order chi connectivity index (χ1) is 17.6. The van der Waals surface area contributed by atoms with Crippen LogP contribution in [0.3, 0.4) is 0 Å². The number of pyridine rings is 1. The molecule has 0 radical (unpaired) electrons. The van der Waals surface area contributed by atoms with Gasteiger partial charge in [0.15, 0.2) is 0 Å². The van der Waals surface area contributed by atoms with E-state index < -0.39 is 5.97 Å². The maximum Gasteiger partial charge on any atom is 0.307 e. The lowest BCUT2D eigenvalue weighted by atomic mass is 9.78. The van der Waals surface area contributed by atoms with Crippen LogP contribution in [0.4, 0.5) is 4.39 Å². The van der Waals surface area contributed by atoms with Crippen LogP contribution in [-0.4, -0.2) is 28.3 Å². The average molecular weight is 506 g/mol. The quantitative estimate of drug-likeness (QED) is 0.409. The number of benzene rings is 2. The number of aromatic nitrogens is 1. The second-order valence-corrected chi connectivity index (χ2v) is 11.3. The maximum atomic E-state index is 13.8. The van der Waals surface area contributed by atoms with E-state index in [1.54, 1.807) is 6.20 Å². The Bertz CT molecular complexity index is 1280. The molecule has 2 aliphatic rings. The Hall–Kier alpha value is -3.25. The molecule has 0 bridgehead atoms. The molecular weight excluding hydrogens is 469 g/mol. The van der Waals surface area contributed by atoms with Crippen LogP contribution in [0, 0.1) is 17.2 Å². The minimum atomic E-state index is -0.691. The summed E-state index contributed by atoms with van der Waals surface area (Å²) in [6, 6.07) is 13.9. The van der Waals surface area contributed by atoms with Crippen molar-refractivity contribution in [3.05, 3.63) is 82.9 Å². The van der Waals surface area contributed by atoms with Crippen molar-refractivity contribution in [2.24, 2.45) is 11.3 Å². The average Bonchev–Trinajstić information content (AvgIpc) is 3.58. The zero-order valence-corrected chi connectivity index (χ0v) is 22.1. The predicted octanol–water partition coefficient (Wildman–Crippen LogP) is 6.34. The summed E-state index contributed by atoms with van der Waals surface area (Å²) in [7, 11) is 1.00. The number of hydrogen-bond acceptors (Lipinski definition) is 4. The monoisotopic (exact) mass is 505 g/mol. The van der Waals surface area contributed by atoms with Gasteiger partial charge in [0.05, 0.1) is 12.1 Å². The topological polar surface area (TPSA) is 79.7 Å². The second kappa shape index (κ2) is 10.6. The number of fused-ring (bicyclic) bond motifs is 2. The van der Waals surface area contributed by atoms with Crippen LogP contribution in [0.1, 0.15) is 62.3 Å². The highest BCUT2D eigenvalue weighted by Gasteiger charge is 2.60. The number of nitrogens with zero attached hydrogens (tertiary/aromatic N) is 1. The van der Waals surface area contributed by atoms with Gasteiger partial charge in [-0.05, 0) is 83.5 Å². The minimum absolute atomic E-state index is 0.0622. The van der Waals surface area contributed by atoms with Crippen LogP contribution in [0.15, 0.2) is 54.9 Å². The molecule has 2 aromatic carbocycles. The van der Waals surface area contributed by atoms with E-state index in [2.05, 4.69) is 44.0 Å². The number of ether oxygens (including phenoxy) is 1. The van der Waals surface area contributed by atoms with Crippen LogP contribution in [0.2, 0.25) is 0 Å². The molecule has 6 heteroatoms. The largest absolute Gasteiger partial charge is 0.489 e. The highest BCUT2D eigenvalue weighted by Crippen LogP contribution is 2.60. The number of hydrogen-bond donors (Lipinski definition) is 2. The number of aliphatic hydroxyl groups is 1. The molecule has 0 amide bonds. The van der Waals surface area contributed by atoms with Gasteiger partial charge in [-0.1, -0.05) is 45.0 Å². The summed E-state index contributed by atoms with van der Waals surface area (Å²) >= 11 is 0. The second-order valence-electron chi connectivity index (χ2n) is 11.3. The van der Waals surface area contributed by atoms with E-state index in [0.717, 1.165) is 72.8 Å². The molecule has 1 spiro atoms. The van der Waals surface area contributed by atoms with Crippen molar-refractivity contribution in [2.45, 2.75) is 64.9 Å². The fourth-order valence-corrected chi connectivity index (χ4v) is 5.72. The number of carboxylic acid groups (broad SMARTS) is 1. The molecule has 0 saturated heterocycles. The van der Waals surface area contributed by atoms with E-state index in [0.29, 0.717) is 6.61 Å². The first-order valence-electron chi connectivity index (χ1n) is 12.8. The molecule has 0 aliphatic heterocycles. The van der Waals surface area contributed by atoms with Crippen molar-refractivity contribution in [3.63, 3.8) is 0 Å². The Labute approximate surface area is 218 Å². The number of aliphatic carboxylic acids is 1. The molecule has 2 atom stereocenters. The van der Waals surface area contributed by atoms with Crippen molar-refractivity contribution in [2.75, 3.05) is 7.11 Å². The summed E-state index contributed by atoms with van der Waals surface area (Å²) in [6.45, 7) is 6.98. The molecule has 1 heterocycles. The van der Waals surface area contributed by atoms with E-state index in [-0.39, 0.29) is 22.6 Å². The summed E-state index contributed by atoms with van der Waals surface area (Å²) < 4.78 is 20.0. The predicted molar refractivity (Wildman–Crippen MR) is 142 cm³/mol. The number of rotatable bonds is 6. The minimum Gasteiger partial charge on any atom is -0.489 e. The van der Waals surface area contributed by atoms with Crippen LogP contribution in [0.25, 0.3) is 11.1 Å². The van der Waals surface area contributed by atoms with Crippen molar-refractivity contribution < 1.29 is 24.1 Å². The van der Waals surface area contributed by atoms with Crippen molar-refractivity contribution >= 4 is 5.97 Å². The summed E-state index contributed by atoms with van der Waals surface area (Å²) in [5.74, 6) is -0.537. The molecule has 1 aromatic heterocycles. The summed E-state index contributed by atoms with van der Waals surface area (Å²) in [5, 5.41) is 16.6. The van der Waals surface area contributed by atoms with Crippen LogP contribution in [-0.2, 0) is 29.7 Å². The van der Waals surface area contributed by atoms with Gasteiger partial charge in [0.2, 0.25) is 0 Å². The van der Waals surface area contributed by atoms with E-state index >= 15 is 0 Å². The Kier molecular flexibility index (Phi) is 7.69. The van der Waals surface area contributed by atoms with Crippen LogP contribution in [0.5, 0.6) is 5.75 Å². The van der Waals surface area contributed by atoms with E-state index in [4.69, 9.17) is 9.84 Å². The Morgan fingerprint density at radius 2 is 1.92 bits per heavy atom. The zero-order valence-electron chi connectivity index (χ0n) is 22.1. The van der Waals surface area contributed by atoms with Gasteiger partial charge in [-0.15, -0.1) is 0 Å². The summed E-state index contributed by atoms with van der Waals surface area (Å²) in [4.78, 5) is 15.7. The van der Waals surface area contributed by atoms with E-state index in [1.807, 2.05) is 18.2 Å². The molecule has 3 aromatic rings. The maximum absolute atomic E-state index is 13.8. The molecule has 1 saturated carbocycles. The molecule has 37 heavy (non-hydrogen) atoms. The van der Waals surface area contributed by atoms with Crippen molar-refractivity contribution in [3.8, 4) is 16.9 Å². The van der Waals surface area contributed by atoms with E-state index in [9.17, 15) is 14.3 Å². The molecular formula is C31H36FNO4. The van der Waals surface area contributed by atoms with Gasteiger partial charge < -0.3 is 14.9 Å². The Morgan fingerprint density at radius 1 is 1.14 bits per heavy atom. The molecule has 196 valence electrons. The third-order valence-electron chi connectivity index (χ3n) is 7.37. The summed E-state index contributed by atoms with van der Waals surface area (Å²) in [6.07, 6.45) is 7.46. The number of aryl methyl sites for hydroxylation is 1. The number of carboxylic acids is 1. The Morgan fingerprint density at radius 3 is 2.59 bits per heavy atom. The van der Waals surface area contributed by atoms with Gasteiger partial charge in [-0.3, -0.25) is 9.78 Å². The van der Waals surface area contributed by atoms with Gasteiger partial charge in [0.1, 0.15) is 18.2 Å². The molecule has 2 unspecified atom stereocenters. The third-order valence-corrected chi connectivity index (χ3v) is 7.37. The van der Waals surface area contributed by atoms with Gasteiger partial charge in [0.25, 0.3) is 0 Å². The third kappa shape index (κ3) is 5.85. The van der Waals surface area contributed by atoms with E-state index in [1.165, 1.54) is 17.8 Å². The van der Waals surface area contributed by atoms with Gasteiger partial charge in [-0.25, -0.2) is 4.39 Å². The number of halogens is 1. The fraction of sp³-hybridized carbons (Fsp3) is 0.419. The highest BCUT2D eigenvalue weighted by atomic mass is 19.1.